The Morgan fingerprint density at radius 1 is 1.12 bits per heavy atom. The summed E-state index contributed by atoms with van der Waals surface area (Å²) >= 11 is 3.53. The molecule has 0 saturated carbocycles. The highest BCUT2D eigenvalue weighted by atomic mass is 79.9. The highest BCUT2D eigenvalue weighted by Gasteiger charge is 2.37. The highest BCUT2D eigenvalue weighted by molar-refractivity contribution is 9.10. The number of hydrogen-bond acceptors (Lipinski definition) is 3. The van der Waals surface area contributed by atoms with E-state index < -0.39 is 0 Å². The quantitative estimate of drug-likeness (QED) is 0.550. The largest absolute Gasteiger partial charge is 0.314 e. The second kappa shape index (κ2) is 8.51. The van der Waals surface area contributed by atoms with Gasteiger partial charge in [0.25, 0.3) is 5.69 Å². The summed E-state index contributed by atoms with van der Waals surface area (Å²) in [6.45, 7) is 10.1. The number of benzene rings is 1. The minimum atomic E-state index is 0.110. The second-order valence-electron chi connectivity index (χ2n) is 6.80. The third kappa shape index (κ3) is 3.80. The Bertz CT molecular complexity index is 772. The standard InChI is InChI=1S/C19H23BrN3O.C2H6/c1-13-2-5-17-14(10-13)3-4-15-11-16(20)12-23(24)18(15)19(17)22-8-6-21-7-9-22;1-2/h2,5,10-12,19,21,24H,3-4,6-9H2,1H3;1-2H3/q+1;. The molecule has 2 aromatic rings. The van der Waals surface area contributed by atoms with Crippen LogP contribution in [0.4, 0.5) is 0 Å². The zero-order valence-corrected chi connectivity index (χ0v) is 17.5. The fraction of sp³-hybridized carbons (Fsp3) is 0.476. The summed E-state index contributed by atoms with van der Waals surface area (Å²) in [5.41, 5.74) is 6.29. The van der Waals surface area contributed by atoms with Crippen LogP contribution in [0.3, 0.4) is 0 Å². The maximum atomic E-state index is 10.7. The van der Waals surface area contributed by atoms with E-state index in [1.807, 2.05) is 13.8 Å². The number of nitrogens with one attached hydrogen (secondary N) is 1. The van der Waals surface area contributed by atoms with Crippen LogP contribution in [0.5, 0.6) is 0 Å². The van der Waals surface area contributed by atoms with Crippen molar-refractivity contribution < 1.29 is 9.94 Å². The van der Waals surface area contributed by atoms with Crippen molar-refractivity contribution >= 4 is 15.9 Å². The first-order chi connectivity index (χ1) is 12.6. The van der Waals surface area contributed by atoms with E-state index in [9.17, 15) is 5.21 Å². The van der Waals surface area contributed by atoms with Crippen LogP contribution in [0.25, 0.3) is 0 Å². The van der Waals surface area contributed by atoms with Crippen molar-refractivity contribution in [2.24, 2.45) is 0 Å². The molecule has 0 amide bonds. The second-order valence-corrected chi connectivity index (χ2v) is 7.72. The lowest BCUT2D eigenvalue weighted by Crippen LogP contribution is -2.49. The highest BCUT2D eigenvalue weighted by Crippen LogP contribution is 2.36. The molecule has 4 rings (SSSR count). The number of aromatic nitrogens is 1. The van der Waals surface area contributed by atoms with Crippen LogP contribution in [0.2, 0.25) is 0 Å². The molecule has 1 aromatic heterocycles. The Balaban J connectivity index is 0.000000948. The van der Waals surface area contributed by atoms with Gasteiger partial charge in [0.2, 0.25) is 6.20 Å². The molecule has 1 saturated heterocycles. The molecule has 1 fully saturated rings. The van der Waals surface area contributed by atoms with E-state index in [1.54, 1.807) is 6.20 Å². The number of hydrogen-bond donors (Lipinski definition) is 2. The molecule has 2 heterocycles. The number of halogens is 1. The van der Waals surface area contributed by atoms with Crippen molar-refractivity contribution in [1.82, 2.24) is 10.2 Å². The third-order valence-electron chi connectivity index (χ3n) is 5.17. The fourth-order valence-electron chi connectivity index (χ4n) is 4.06. The van der Waals surface area contributed by atoms with Crippen molar-refractivity contribution in [3.05, 3.63) is 62.9 Å². The predicted octanol–water partition coefficient (Wildman–Crippen LogP) is 3.40. The van der Waals surface area contributed by atoms with E-state index in [-0.39, 0.29) is 6.04 Å². The van der Waals surface area contributed by atoms with Crippen LogP contribution < -0.4 is 10.0 Å². The Hall–Kier alpha value is -1.43. The van der Waals surface area contributed by atoms with Crippen molar-refractivity contribution in [2.75, 3.05) is 26.2 Å². The van der Waals surface area contributed by atoms with Crippen molar-refractivity contribution in [2.45, 2.75) is 39.7 Å². The Morgan fingerprint density at radius 3 is 2.54 bits per heavy atom. The van der Waals surface area contributed by atoms with Crippen LogP contribution >= 0.6 is 15.9 Å². The molecular weight excluding hydrogens is 390 g/mol. The summed E-state index contributed by atoms with van der Waals surface area (Å²) in [6, 6.07) is 9.04. The zero-order chi connectivity index (χ0) is 18.7. The van der Waals surface area contributed by atoms with Crippen LogP contribution in [0.15, 0.2) is 34.9 Å². The minimum Gasteiger partial charge on any atom is -0.314 e. The van der Waals surface area contributed by atoms with Crippen LogP contribution in [0.1, 0.15) is 47.8 Å². The number of pyridine rings is 1. The van der Waals surface area contributed by atoms with Gasteiger partial charge in [-0.15, -0.1) is 0 Å². The van der Waals surface area contributed by atoms with E-state index in [2.05, 4.69) is 57.3 Å². The number of nitrogens with zero attached hydrogens (tertiary/aromatic N) is 2. The Morgan fingerprint density at radius 2 is 1.81 bits per heavy atom. The molecule has 1 aromatic carbocycles. The lowest BCUT2D eigenvalue weighted by molar-refractivity contribution is -0.911. The predicted molar refractivity (Wildman–Crippen MR) is 108 cm³/mol. The normalized spacial score (nSPS) is 19.6. The monoisotopic (exact) mass is 418 g/mol. The van der Waals surface area contributed by atoms with Gasteiger partial charge in [0.1, 0.15) is 6.04 Å². The van der Waals surface area contributed by atoms with Crippen LogP contribution in [0, 0.1) is 6.92 Å². The molecule has 5 heteroatoms. The van der Waals surface area contributed by atoms with Gasteiger partial charge in [-0.3, -0.25) is 10.1 Å². The Kier molecular flexibility index (Phi) is 6.33. The number of piperazine rings is 1. The van der Waals surface area contributed by atoms with Gasteiger partial charge in [-0.1, -0.05) is 37.6 Å². The van der Waals surface area contributed by atoms with Gasteiger partial charge in [0.15, 0.2) is 0 Å². The summed E-state index contributed by atoms with van der Waals surface area (Å²) in [6.07, 6.45) is 3.73. The summed E-state index contributed by atoms with van der Waals surface area (Å²) in [7, 11) is 0. The summed E-state index contributed by atoms with van der Waals surface area (Å²) in [4.78, 5) is 2.50. The van der Waals surface area contributed by atoms with Gasteiger partial charge in [-0.05, 0) is 52.9 Å². The molecule has 2 N–H and O–H groups in total. The molecule has 0 radical (unpaired) electrons. The van der Waals surface area contributed by atoms with E-state index in [4.69, 9.17) is 0 Å². The summed E-state index contributed by atoms with van der Waals surface area (Å²) < 4.78 is 2.26. The molecule has 1 aliphatic heterocycles. The molecule has 140 valence electrons. The summed E-state index contributed by atoms with van der Waals surface area (Å²) in [5.74, 6) is 0. The van der Waals surface area contributed by atoms with Gasteiger partial charge in [0.05, 0.1) is 4.47 Å². The third-order valence-corrected chi connectivity index (χ3v) is 5.60. The minimum absolute atomic E-state index is 0.110. The SMILES string of the molecule is CC.Cc1ccc2c(c1)CCc1cc(Br)c[n+](O)c1C2N1CCNCC1. The molecule has 1 atom stereocenters. The lowest BCUT2D eigenvalue weighted by Gasteiger charge is -2.33. The van der Waals surface area contributed by atoms with Gasteiger partial charge >= 0.3 is 0 Å². The molecular formula is C21H29BrN3O+. The molecule has 26 heavy (non-hydrogen) atoms. The van der Waals surface area contributed by atoms with Gasteiger partial charge in [0, 0.05) is 36.5 Å². The average molecular weight is 419 g/mol. The van der Waals surface area contributed by atoms with E-state index in [0.29, 0.717) is 0 Å². The first-order valence-electron chi connectivity index (χ1n) is 9.61. The fourth-order valence-corrected chi connectivity index (χ4v) is 4.53. The number of rotatable bonds is 1. The van der Waals surface area contributed by atoms with Crippen LogP contribution in [-0.2, 0) is 12.8 Å². The van der Waals surface area contributed by atoms with E-state index >= 15 is 0 Å². The number of fused-ring (bicyclic) bond motifs is 2. The molecule has 1 aliphatic carbocycles. The number of aryl methyl sites for hydroxylation is 3. The summed E-state index contributed by atoms with van der Waals surface area (Å²) in [5, 5.41) is 14.1. The van der Waals surface area contributed by atoms with Crippen molar-refractivity contribution in [3.8, 4) is 0 Å². The van der Waals surface area contributed by atoms with E-state index in [1.165, 1.54) is 27.0 Å². The smallest absolute Gasteiger partial charge is 0.258 e. The van der Waals surface area contributed by atoms with E-state index in [0.717, 1.165) is 49.2 Å². The molecule has 2 aliphatic rings. The van der Waals surface area contributed by atoms with Crippen molar-refractivity contribution in [3.63, 3.8) is 0 Å². The van der Waals surface area contributed by atoms with Gasteiger partial charge < -0.3 is 5.32 Å². The molecule has 1 unspecified atom stereocenters. The van der Waals surface area contributed by atoms with Gasteiger partial charge in [-0.25, -0.2) is 0 Å². The maximum Gasteiger partial charge on any atom is 0.258 e. The maximum absolute atomic E-state index is 10.7. The first-order valence-corrected chi connectivity index (χ1v) is 10.4. The topological polar surface area (TPSA) is 39.4 Å². The Labute approximate surface area is 164 Å². The molecule has 0 bridgehead atoms. The van der Waals surface area contributed by atoms with Crippen molar-refractivity contribution in [1.29, 1.82) is 0 Å². The zero-order valence-electron chi connectivity index (χ0n) is 15.9. The molecule has 4 nitrogen and oxygen atoms in total. The first kappa shape index (κ1) is 19.3. The van der Waals surface area contributed by atoms with Crippen LogP contribution in [-0.4, -0.2) is 36.3 Å². The average Bonchev–Trinajstić information content (AvgIpc) is 2.81. The lowest BCUT2D eigenvalue weighted by atomic mass is 9.95. The molecule has 0 spiro atoms. The van der Waals surface area contributed by atoms with Gasteiger partial charge in [-0.2, -0.15) is 0 Å².